The van der Waals surface area contributed by atoms with Gasteiger partial charge >= 0.3 is 0 Å². The van der Waals surface area contributed by atoms with Gasteiger partial charge in [0.2, 0.25) is 0 Å². The highest BCUT2D eigenvalue weighted by Crippen LogP contribution is 2.33. The third-order valence-corrected chi connectivity index (χ3v) is 6.24. The molecule has 0 unspecified atom stereocenters. The van der Waals surface area contributed by atoms with Crippen molar-refractivity contribution in [2.45, 2.75) is 46.6 Å². The van der Waals surface area contributed by atoms with E-state index in [1.807, 2.05) is 83.1 Å². The number of carbonyl (C=O) groups is 2. The van der Waals surface area contributed by atoms with E-state index < -0.39 is 0 Å². The fourth-order valence-electron chi connectivity index (χ4n) is 4.50. The first kappa shape index (κ1) is 25.0. The van der Waals surface area contributed by atoms with Crippen molar-refractivity contribution in [3.63, 3.8) is 0 Å². The van der Waals surface area contributed by atoms with Gasteiger partial charge in [-0.15, -0.1) is 0 Å². The first-order chi connectivity index (χ1) is 18.1. The standard InChI is InChI=1S/C29H31N7O2/c1-17-12-26(34-33-17)30-16-23-22-15-20(9-10-24(22)32-27(23)37)13-19-7-6-8-21(14-19)31-28(38)25-11-18(2)35-36(25)29(3,4)5/h6-12,14-16H,13H2,1-5H3,(H,31,38)(H,32,37)(H2,30,33,34)/b23-16-. The van der Waals surface area contributed by atoms with Gasteiger partial charge < -0.3 is 16.0 Å². The number of fused-ring (bicyclic) bond motifs is 1. The number of nitrogens with zero attached hydrogens (tertiary/aromatic N) is 3. The highest BCUT2D eigenvalue weighted by Gasteiger charge is 2.25. The second-order valence-electron chi connectivity index (χ2n) is 10.5. The van der Waals surface area contributed by atoms with Gasteiger partial charge in [0.1, 0.15) is 11.5 Å². The van der Waals surface area contributed by atoms with E-state index in [1.54, 1.807) is 16.9 Å². The summed E-state index contributed by atoms with van der Waals surface area (Å²) >= 11 is 0. The van der Waals surface area contributed by atoms with Gasteiger partial charge in [0, 0.05) is 29.2 Å². The summed E-state index contributed by atoms with van der Waals surface area (Å²) in [5.74, 6) is 0.358. The summed E-state index contributed by atoms with van der Waals surface area (Å²) in [6.07, 6.45) is 2.34. The number of benzene rings is 2. The molecule has 0 saturated carbocycles. The SMILES string of the molecule is Cc1cc(N/C=C2\C(=O)Nc3ccc(Cc4cccc(NC(=O)c5cc(C)nn5C(C)(C)C)c4)cc32)[nH]n1. The van der Waals surface area contributed by atoms with Gasteiger partial charge in [-0.2, -0.15) is 10.2 Å². The Kier molecular flexibility index (Phi) is 6.36. The lowest BCUT2D eigenvalue weighted by molar-refractivity contribution is -0.110. The molecule has 194 valence electrons. The zero-order valence-corrected chi connectivity index (χ0v) is 22.1. The van der Waals surface area contributed by atoms with Crippen LogP contribution in [-0.4, -0.2) is 31.8 Å². The van der Waals surface area contributed by atoms with E-state index in [9.17, 15) is 9.59 Å². The lowest BCUT2D eigenvalue weighted by atomic mass is 9.99. The molecule has 4 aromatic rings. The molecule has 2 aromatic carbocycles. The molecule has 9 nitrogen and oxygen atoms in total. The Labute approximate surface area is 221 Å². The number of H-pyrrole nitrogens is 1. The van der Waals surface area contributed by atoms with Gasteiger partial charge in [0.25, 0.3) is 11.8 Å². The summed E-state index contributed by atoms with van der Waals surface area (Å²) in [5, 5.41) is 20.5. The number of aryl methyl sites for hydroxylation is 2. The van der Waals surface area contributed by atoms with Crippen molar-refractivity contribution in [1.29, 1.82) is 0 Å². The van der Waals surface area contributed by atoms with Crippen molar-refractivity contribution < 1.29 is 9.59 Å². The molecule has 0 spiro atoms. The predicted octanol–water partition coefficient (Wildman–Crippen LogP) is 5.23. The van der Waals surface area contributed by atoms with Gasteiger partial charge in [-0.1, -0.05) is 18.2 Å². The number of aromatic nitrogens is 4. The maximum absolute atomic E-state index is 13.1. The van der Waals surface area contributed by atoms with Crippen LogP contribution in [-0.2, 0) is 16.8 Å². The summed E-state index contributed by atoms with van der Waals surface area (Å²) in [5.41, 5.74) is 6.84. The van der Waals surface area contributed by atoms with Crippen LogP contribution in [0.15, 0.2) is 60.8 Å². The van der Waals surface area contributed by atoms with Crippen molar-refractivity contribution in [2.75, 3.05) is 16.0 Å². The minimum Gasteiger partial charge on any atom is -0.346 e. The third-order valence-electron chi connectivity index (χ3n) is 6.24. The number of nitrogens with one attached hydrogen (secondary N) is 4. The predicted molar refractivity (Wildman–Crippen MR) is 149 cm³/mol. The molecular weight excluding hydrogens is 478 g/mol. The van der Waals surface area contributed by atoms with Crippen LogP contribution in [0, 0.1) is 13.8 Å². The Morgan fingerprint density at radius 2 is 1.82 bits per heavy atom. The molecule has 2 aromatic heterocycles. The molecule has 0 fully saturated rings. The van der Waals surface area contributed by atoms with E-state index in [-0.39, 0.29) is 17.4 Å². The van der Waals surface area contributed by atoms with Gasteiger partial charge in [0.15, 0.2) is 0 Å². The molecule has 9 heteroatoms. The van der Waals surface area contributed by atoms with Crippen LogP contribution in [0.5, 0.6) is 0 Å². The zero-order chi connectivity index (χ0) is 27.0. The molecule has 5 rings (SSSR count). The van der Waals surface area contributed by atoms with Gasteiger partial charge in [-0.3, -0.25) is 19.4 Å². The van der Waals surface area contributed by atoms with Crippen LogP contribution in [0.2, 0.25) is 0 Å². The van der Waals surface area contributed by atoms with Gasteiger partial charge in [0.05, 0.1) is 22.5 Å². The molecule has 0 aliphatic carbocycles. The molecule has 2 amide bonds. The quantitative estimate of drug-likeness (QED) is 0.266. The molecule has 0 bridgehead atoms. The van der Waals surface area contributed by atoms with Crippen LogP contribution in [0.25, 0.3) is 5.57 Å². The summed E-state index contributed by atoms with van der Waals surface area (Å²) in [4.78, 5) is 25.7. The third kappa shape index (κ3) is 5.22. The summed E-state index contributed by atoms with van der Waals surface area (Å²) in [7, 11) is 0. The van der Waals surface area contributed by atoms with Gasteiger partial charge in [-0.25, -0.2) is 0 Å². The van der Waals surface area contributed by atoms with Crippen molar-refractivity contribution >= 4 is 34.6 Å². The number of anilines is 3. The largest absolute Gasteiger partial charge is 0.346 e. The Hall–Kier alpha value is -4.66. The maximum Gasteiger partial charge on any atom is 0.273 e. The molecule has 3 heterocycles. The lowest BCUT2D eigenvalue weighted by Gasteiger charge is -2.22. The van der Waals surface area contributed by atoms with Crippen molar-refractivity contribution in [2.24, 2.45) is 0 Å². The van der Waals surface area contributed by atoms with E-state index >= 15 is 0 Å². The van der Waals surface area contributed by atoms with Crippen LogP contribution >= 0.6 is 0 Å². The highest BCUT2D eigenvalue weighted by atomic mass is 16.2. The number of hydrogen-bond donors (Lipinski definition) is 4. The van der Waals surface area contributed by atoms with E-state index in [4.69, 9.17) is 0 Å². The maximum atomic E-state index is 13.1. The van der Waals surface area contributed by atoms with E-state index in [2.05, 4.69) is 31.2 Å². The Morgan fingerprint density at radius 1 is 1.03 bits per heavy atom. The molecule has 4 N–H and O–H groups in total. The fraction of sp³-hybridized carbons (Fsp3) is 0.241. The highest BCUT2D eigenvalue weighted by molar-refractivity contribution is 6.31. The minimum atomic E-state index is -0.313. The summed E-state index contributed by atoms with van der Waals surface area (Å²) in [6.45, 7) is 9.83. The van der Waals surface area contributed by atoms with Crippen LogP contribution < -0.4 is 16.0 Å². The van der Waals surface area contributed by atoms with E-state index in [1.165, 1.54) is 0 Å². The number of hydrogen-bond acceptors (Lipinski definition) is 5. The minimum absolute atomic E-state index is 0.157. The van der Waals surface area contributed by atoms with E-state index in [0.717, 1.165) is 33.8 Å². The molecular formula is C29H31N7O2. The Balaban J connectivity index is 1.33. The number of carbonyl (C=O) groups excluding carboxylic acids is 2. The Morgan fingerprint density at radius 3 is 2.55 bits per heavy atom. The van der Waals surface area contributed by atoms with Crippen LogP contribution in [0.1, 0.15) is 59.3 Å². The first-order valence-corrected chi connectivity index (χ1v) is 12.5. The normalized spacial score (nSPS) is 13.9. The first-order valence-electron chi connectivity index (χ1n) is 12.5. The monoisotopic (exact) mass is 509 g/mol. The lowest BCUT2D eigenvalue weighted by Crippen LogP contribution is -2.29. The summed E-state index contributed by atoms with van der Waals surface area (Å²) < 4.78 is 1.76. The van der Waals surface area contributed by atoms with Crippen LogP contribution in [0.3, 0.4) is 0 Å². The molecule has 0 atom stereocenters. The molecule has 0 saturated heterocycles. The van der Waals surface area contributed by atoms with Crippen molar-refractivity contribution in [3.8, 4) is 0 Å². The van der Waals surface area contributed by atoms with Gasteiger partial charge in [-0.05, 0) is 82.5 Å². The average molecular weight is 510 g/mol. The second-order valence-corrected chi connectivity index (χ2v) is 10.5. The Bertz CT molecular complexity index is 1570. The summed E-state index contributed by atoms with van der Waals surface area (Å²) in [6, 6.07) is 17.4. The molecule has 1 aliphatic heterocycles. The number of amides is 2. The smallest absolute Gasteiger partial charge is 0.273 e. The number of aromatic amines is 1. The zero-order valence-electron chi connectivity index (χ0n) is 22.1. The van der Waals surface area contributed by atoms with E-state index in [0.29, 0.717) is 29.2 Å². The molecule has 0 radical (unpaired) electrons. The second kappa shape index (κ2) is 9.66. The topological polar surface area (TPSA) is 117 Å². The average Bonchev–Trinajstić information content (AvgIpc) is 3.54. The fourth-order valence-corrected chi connectivity index (χ4v) is 4.50. The number of rotatable bonds is 6. The van der Waals surface area contributed by atoms with Crippen molar-refractivity contribution in [1.82, 2.24) is 20.0 Å². The van der Waals surface area contributed by atoms with Crippen molar-refractivity contribution in [3.05, 3.63) is 94.6 Å². The van der Waals surface area contributed by atoms with Crippen LogP contribution in [0.4, 0.5) is 17.2 Å². The molecule has 38 heavy (non-hydrogen) atoms. The molecule has 1 aliphatic rings.